The first-order valence-corrected chi connectivity index (χ1v) is 10.7. The Hall–Kier alpha value is -1.70. The molecule has 1 amide bonds. The van der Waals surface area contributed by atoms with Crippen LogP contribution in [0.4, 0.5) is 5.69 Å². The number of nitrogens with zero attached hydrogens (tertiary/aromatic N) is 1. The Morgan fingerprint density at radius 1 is 1.32 bits per heavy atom. The Labute approximate surface area is 152 Å². The van der Waals surface area contributed by atoms with Crippen molar-refractivity contribution in [3.8, 4) is 0 Å². The zero-order chi connectivity index (χ0) is 18.0. The molecule has 2 heterocycles. The number of anilines is 1. The van der Waals surface area contributed by atoms with Gasteiger partial charge in [-0.1, -0.05) is 32.0 Å². The highest BCUT2D eigenvalue weighted by Crippen LogP contribution is 2.30. The molecule has 2 aromatic rings. The molecule has 0 fully saturated rings. The molecule has 25 heavy (non-hydrogen) atoms. The maximum Gasteiger partial charge on any atom is 0.250 e. The first-order chi connectivity index (χ1) is 11.9. The first kappa shape index (κ1) is 18.1. The van der Waals surface area contributed by atoms with E-state index in [1.807, 2.05) is 12.1 Å². The molecule has 0 spiro atoms. The largest absolute Gasteiger partial charge is 0.311 e. The number of hydrogen-bond acceptors (Lipinski definition) is 4. The molecule has 1 aliphatic rings. The Morgan fingerprint density at radius 2 is 2.12 bits per heavy atom. The van der Waals surface area contributed by atoms with Crippen molar-refractivity contribution < 1.29 is 13.2 Å². The summed E-state index contributed by atoms with van der Waals surface area (Å²) in [4.78, 5) is 14.3. The lowest BCUT2D eigenvalue weighted by atomic mass is 9.95. The molecule has 3 rings (SSSR count). The third-order valence-electron chi connectivity index (χ3n) is 4.36. The van der Waals surface area contributed by atoms with Gasteiger partial charge in [-0.25, -0.2) is 13.1 Å². The van der Waals surface area contributed by atoms with Gasteiger partial charge in [0.1, 0.15) is 4.21 Å². The summed E-state index contributed by atoms with van der Waals surface area (Å²) in [6, 6.07) is 9.39. The highest BCUT2D eigenvalue weighted by Gasteiger charge is 2.24. The molecule has 5 nitrogen and oxygen atoms in total. The number of fused-ring (bicyclic) bond motifs is 1. The number of aryl methyl sites for hydroxylation is 1. The van der Waals surface area contributed by atoms with Gasteiger partial charge in [0.25, 0.3) is 10.0 Å². The average Bonchev–Trinajstić information content (AvgIpc) is 3.14. The summed E-state index contributed by atoms with van der Waals surface area (Å²) in [6.45, 7) is 4.68. The number of rotatable bonds is 5. The summed E-state index contributed by atoms with van der Waals surface area (Å²) >= 11 is 1.13. The third kappa shape index (κ3) is 3.94. The van der Waals surface area contributed by atoms with Gasteiger partial charge in [-0.05, 0) is 47.4 Å². The molecule has 1 aromatic carbocycles. The van der Waals surface area contributed by atoms with E-state index in [1.54, 1.807) is 16.3 Å². The van der Waals surface area contributed by atoms with Crippen LogP contribution in [-0.2, 0) is 21.2 Å². The lowest BCUT2D eigenvalue weighted by molar-refractivity contribution is -0.117. The maximum absolute atomic E-state index is 12.6. The van der Waals surface area contributed by atoms with E-state index in [1.165, 1.54) is 11.6 Å². The van der Waals surface area contributed by atoms with Crippen LogP contribution in [0.25, 0.3) is 0 Å². The van der Waals surface area contributed by atoms with E-state index in [0.717, 1.165) is 35.4 Å². The number of nitrogens with one attached hydrogen (secondary N) is 1. The van der Waals surface area contributed by atoms with Crippen molar-refractivity contribution in [1.82, 2.24) is 4.72 Å². The van der Waals surface area contributed by atoms with Crippen molar-refractivity contribution in [2.24, 2.45) is 0 Å². The Bertz CT molecular complexity index is 858. The lowest BCUT2D eigenvalue weighted by Crippen LogP contribution is -2.42. The minimum atomic E-state index is -3.62. The van der Waals surface area contributed by atoms with Crippen molar-refractivity contribution in [1.29, 1.82) is 0 Å². The van der Waals surface area contributed by atoms with E-state index >= 15 is 0 Å². The molecular weight excluding hydrogens is 356 g/mol. The predicted octanol–water partition coefficient (Wildman–Crippen LogP) is 3.13. The smallest absolute Gasteiger partial charge is 0.250 e. The van der Waals surface area contributed by atoms with Gasteiger partial charge in [0.2, 0.25) is 5.91 Å². The average molecular weight is 379 g/mol. The molecule has 0 bridgehead atoms. The number of carbonyl (C=O) groups is 1. The zero-order valence-corrected chi connectivity index (χ0v) is 16.0. The summed E-state index contributed by atoms with van der Waals surface area (Å²) < 4.78 is 27.0. The first-order valence-electron chi connectivity index (χ1n) is 8.35. The topological polar surface area (TPSA) is 66.5 Å². The second-order valence-corrected chi connectivity index (χ2v) is 9.39. The minimum absolute atomic E-state index is 0.223. The molecule has 1 aromatic heterocycles. The summed E-state index contributed by atoms with van der Waals surface area (Å²) in [7, 11) is -3.62. The number of benzene rings is 1. The monoisotopic (exact) mass is 378 g/mol. The quantitative estimate of drug-likeness (QED) is 0.869. The molecule has 1 aliphatic heterocycles. The zero-order valence-electron chi connectivity index (χ0n) is 14.4. The molecule has 134 valence electrons. The van der Waals surface area contributed by atoms with Gasteiger partial charge in [0.15, 0.2) is 0 Å². The van der Waals surface area contributed by atoms with Gasteiger partial charge >= 0.3 is 0 Å². The van der Waals surface area contributed by atoms with Crippen molar-refractivity contribution in [3.05, 3.63) is 46.8 Å². The van der Waals surface area contributed by atoms with Crippen molar-refractivity contribution in [2.75, 3.05) is 18.0 Å². The van der Waals surface area contributed by atoms with Gasteiger partial charge in [-0.15, -0.1) is 11.3 Å². The van der Waals surface area contributed by atoms with Crippen LogP contribution in [0.15, 0.2) is 39.9 Å². The fraction of sp³-hybridized carbons (Fsp3) is 0.389. The predicted molar refractivity (Wildman–Crippen MR) is 101 cm³/mol. The van der Waals surface area contributed by atoms with Crippen LogP contribution in [-0.4, -0.2) is 27.4 Å². The molecule has 7 heteroatoms. The van der Waals surface area contributed by atoms with Crippen LogP contribution < -0.4 is 9.62 Å². The van der Waals surface area contributed by atoms with Crippen molar-refractivity contribution in [2.45, 2.75) is 36.8 Å². The maximum atomic E-state index is 12.6. The normalized spacial score (nSPS) is 14.6. The van der Waals surface area contributed by atoms with Crippen LogP contribution in [0.1, 0.15) is 37.3 Å². The summed E-state index contributed by atoms with van der Waals surface area (Å²) in [5.74, 6) is 0.215. The van der Waals surface area contributed by atoms with E-state index in [4.69, 9.17) is 0 Å². The van der Waals surface area contributed by atoms with Gasteiger partial charge in [-0.2, -0.15) is 0 Å². The number of thiophene rings is 1. The fourth-order valence-electron chi connectivity index (χ4n) is 2.97. The minimum Gasteiger partial charge on any atom is -0.311 e. The van der Waals surface area contributed by atoms with E-state index in [9.17, 15) is 13.2 Å². The lowest BCUT2D eigenvalue weighted by Gasteiger charge is -2.30. The fourth-order valence-corrected chi connectivity index (χ4v) is 4.99. The Morgan fingerprint density at radius 3 is 2.80 bits per heavy atom. The van der Waals surface area contributed by atoms with Crippen LogP contribution >= 0.6 is 11.3 Å². The molecular formula is C18H22N2O3S2. The second-order valence-electron chi connectivity index (χ2n) is 6.45. The Kier molecular flexibility index (Phi) is 5.27. The summed E-state index contributed by atoms with van der Waals surface area (Å²) in [6.07, 6.45) is 1.83. The molecule has 0 radical (unpaired) electrons. The molecule has 0 saturated heterocycles. The number of sulfonamides is 1. The number of carbonyl (C=O) groups excluding carboxylic acids is 1. The second kappa shape index (κ2) is 7.27. The van der Waals surface area contributed by atoms with E-state index < -0.39 is 10.0 Å². The van der Waals surface area contributed by atoms with Gasteiger partial charge in [-0.3, -0.25) is 4.79 Å². The van der Waals surface area contributed by atoms with Gasteiger partial charge in [0.05, 0.1) is 6.54 Å². The molecule has 0 unspecified atom stereocenters. The molecule has 0 atom stereocenters. The van der Waals surface area contributed by atoms with E-state index in [0.29, 0.717) is 12.5 Å². The third-order valence-corrected chi connectivity index (χ3v) is 7.16. The van der Waals surface area contributed by atoms with Crippen molar-refractivity contribution >= 4 is 33.0 Å². The van der Waals surface area contributed by atoms with Crippen LogP contribution in [0.5, 0.6) is 0 Å². The number of amides is 1. The Balaban J connectivity index is 1.74. The highest BCUT2D eigenvalue weighted by molar-refractivity contribution is 7.91. The highest BCUT2D eigenvalue weighted by atomic mass is 32.2. The molecule has 0 saturated carbocycles. The molecule has 0 aliphatic carbocycles. The van der Waals surface area contributed by atoms with Crippen LogP contribution in [0.3, 0.4) is 0 Å². The SMILES string of the molecule is CC(C)c1ccc2c(c1)CCCN2C(=O)CNS(=O)(=O)c1cccs1. The standard InChI is InChI=1S/C18H22N2O3S2/c1-13(2)14-7-8-16-15(11-14)5-3-9-20(16)17(21)12-19-25(22,23)18-6-4-10-24-18/h4,6-8,10-11,13,19H,3,5,9,12H2,1-2H3. The van der Waals surface area contributed by atoms with Gasteiger partial charge in [0, 0.05) is 12.2 Å². The molecule has 1 N–H and O–H groups in total. The van der Waals surface area contributed by atoms with Gasteiger partial charge < -0.3 is 4.90 Å². The van der Waals surface area contributed by atoms with Crippen molar-refractivity contribution in [3.63, 3.8) is 0 Å². The number of hydrogen-bond donors (Lipinski definition) is 1. The van der Waals surface area contributed by atoms with E-state index in [2.05, 4.69) is 24.6 Å². The summed E-state index contributed by atoms with van der Waals surface area (Å²) in [5, 5.41) is 1.70. The summed E-state index contributed by atoms with van der Waals surface area (Å²) in [5.41, 5.74) is 3.31. The van der Waals surface area contributed by atoms with E-state index in [-0.39, 0.29) is 16.7 Å². The van der Waals surface area contributed by atoms with Crippen LogP contribution in [0.2, 0.25) is 0 Å². The van der Waals surface area contributed by atoms with Crippen LogP contribution in [0, 0.1) is 0 Å².